The van der Waals surface area contributed by atoms with E-state index in [1.54, 1.807) is 0 Å². The van der Waals surface area contributed by atoms with E-state index < -0.39 is 0 Å². The van der Waals surface area contributed by atoms with Gasteiger partial charge in [-0.3, -0.25) is 0 Å². The first-order valence-corrected chi connectivity index (χ1v) is 22.5. The van der Waals surface area contributed by atoms with E-state index in [0.29, 0.717) is 0 Å². The predicted octanol–water partition coefficient (Wildman–Crippen LogP) is 16.5. The van der Waals surface area contributed by atoms with Crippen molar-refractivity contribution in [1.29, 1.82) is 0 Å². The van der Waals surface area contributed by atoms with Gasteiger partial charge in [-0.1, -0.05) is 153 Å². The number of para-hydroxylation sites is 4. The molecule has 0 radical (unpaired) electrons. The Labute approximate surface area is 357 Å². The smallest absolute Gasteiger partial charge is 0.0502 e. The van der Waals surface area contributed by atoms with Crippen LogP contribution in [0.1, 0.15) is 112 Å². The summed E-state index contributed by atoms with van der Waals surface area (Å²) in [6.45, 7) is 18.9. The molecule has 0 aromatic heterocycles. The van der Waals surface area contributed by atoms with Crippen LogP contribution >= 0.6 is 0 Å². The minimum atomic E-state index is -0.111. The lowest BCUT2D eigenvalue weighted by molar-refractivity contribution is 0.632. The Morgan fingerprint density at radius 3 is 1.13 bits per heavy atom. The van der Waals surface area contributed by atoms with Crippen molar-refractivity contribution in [2.45, 2.75) is 105 Å². The second kappa shape index (κ2) is 14.4. The molecule has 0 amide bonds. The zero-order valence-corrected chi connectivity index (χ0v) is 36.8. The summed E-state index contributed by atoms with van der Waals surface area (Å²) in [5, 5.41) is 8.26. The maximum Gasteiger partial charge on any atom is 0.0502 e. The first kappa shape index (κ1) is 38.3. The van der Waals surface area contributed by atoms with Crippen LogP contribution in [0.15, 0.2) is 133 Å². The van der Waals surface area contributed by atoms with E-state index >= 15 is 0 Å². The van der Waals surface area contributed by atoms with E-state index in [0.717, 1.165) is 38.5 Å². The van der Waals surface area contributed by atoms with Crippen LogP contribution in [-0.4, -0.2) is 0 Å². The summed E-state index contributed by atoms with van der Waals surface area (Å²) in [6, 6.07) is 51.5. The second-order valence-corrected chi connectivity index (χ2v) is 18.6. The summed E-state index contributed by atoms with van der Waals surface area (Å²) >= 11 is 0. The second-order valence-electron chi connectivity index (χ2n) is 18.6. The molecular formula is C58H58N2. The Hall–Kier alpha value is -5.86. The minimum Gasteiger partial charge on any atom is -0.310 e. The van der Waals surface area contributed by atoms with E-state index in [1.165, 1.54) is 111 Å². The van der Waals surface area contributed by atoms with Crippen molar-refractivity contribution in [3.63, 3.8) is 0 Å². The number of aryl methyl sites for hydroxylation is 4. The SMILES string of the molecule is CCCc1cc2c(cc1CCC)c1cc(N3c4ccccc4C(C)(C)c4ccccc43)cc(CCC)c1c1c(C)cc(N3c4ccccc4C(C)(C)c4ccccc43)cc21. The van der Waals surface area contributed by atoms with Crippen molar-refractivity contribution in [3.8, 4) is 0 Å². The molecule has 0 atom stereocenters. The number of nitrogens with zero attached hydrogens (tertiary/aromatic N) is 2. The van der Waals surface area contributed by atoms with Crippen molar-refractivity contribution >= 4 is 66.4 Å². The number of fused-ring (bicyclic) bond motifs is 10. The van der Waals surface area contributed by atoms with Gasteiger partial charge in [-0.05, 0) is 152 Å². The molecule has 0 aliphatic carbocycles. The number of benzene rings is 8. The molecule has 0 N–H and O–H groups in total. The van der Waals surface area contributed by atoms with Gasteiger partial charge >= 0.3 is 0 Å². The average Bonchev–Trinajstić information content (AvgIpc) is 3.25. The Morgan fingerprint density at radius 2 is 0.733 bits per heavy atom. The van der Waals surface area contributed by atoms with Crippen LogP contribution in [0.3, 0.4) is 0 Å². The molecule has 0 saturated heterocycles. The largest absolute Gasteiger partial charge is 0.310 e. The van der Waals surface area contributed by atoms with E-state index in [9.17, 15) is 0 Å². The van der Waals surface area contributed by atoms with Gasteiger partial charge in [0.2, 0.25) is 0 Å². The molecule has 300 valence electrons. The third-order valence-corrected chi connectivity index (χ3v) is 14.0. The van der Waals surface area contributed by atoms with Gasteiger partial charge in [-0.2, -0.15) is 0 Å². The van der Waals surface area contributed by atoms with Crippen LogP contribution in [0, 0.1) is 6.92 Å². The summed E-state index contributed by atoms with van der Waals surface area (Å²) in [4.78, 5) is 5.10. The zero-order valence-electron chi connectivity index (χ0n) is 36.8. The molecule has 0 unspecified atom stereocenters. The molecule has 2 aliphatic heterocycles. The molecule has 8 aromatic rings. The first-order chi connectivity index (χ1) is 29.1. The van der Waals surface area contributed by atoms with Crippen LogP contribution in [0.25, 0.3) is 32.3 Å². The van der Waals surface area contributed by atoms with E-state index in [1.807, 2.05) is 0 Å². The van der Waals surface area contributed by atoms with E-state index in [4.69, 9.17) is 0 Å². The molecule has 0 spiro atoms. The summed E-state index contributed by atoms with van der Waals surface area (Å²) in [5.41, 5.74) is 18.5. The lowest BCUT2D eigenvalue weighted by atomic mass is 9.73. The van der Waals surface area contributed by atoms with Crippen LogP contribution in [0.4, 0.5) is 34.1 Å². The Kier molecular flexibility index (Phi) is 9.21. The monoisotopic (exact) mass is 782 g/mol. The normalized spacial score (nSPS) is 14.9. The fraction of sp³-hybridized carbons (Fsp3) is 0.276. The first-order valence-electron chi connectivity index (χ1n) is 22.5. The molecule has 2 aliphatic rings. The van der Waals surface area contributed by atoms with Crippen LogP contribution in [0.5, 0.6) is 0 Å². The molecule has 10 rings (SSSR count). The third-order valence-electron chi connectivity index (χ3n) is 14.0. The standard InChI is InChI=1S/C58H58N2/c1-9-20-38-33-43-44(34-39(38)21-10-2)46-36-42(60-53-29-18-14-25-49(53)58(7,8)50-26-15-19-30-54(50)60)32-40(22-11-3)56(46)55-37(4)31-41(35-45(43)55)59-51-27-16-12-23-47(51)57(5,6)48-24-13-17-28-52(48)59/h12-19,23-36H,9-11,20-22H2,1-8H3. The summed E-state index contributed by atoms with van der Waals surface area (Å²) < 4.78 is 0. The van der Waals surface area contributed by atoms with Crippen LogP contribution < -0.4 is 9.80 Å². The number of hydrogen-bond acceptors (Lipinski definition) is 2. The summed E-state index contributed by atoms with van der Waals surface area (Å²) in [5.74, 6) is 0. The van der Waals surface area contributed by atoms with Gasteiger partial charge in [0.1, 0.15) is 0 Å². The predicted molar refractivity (Wildman–Crippen MR) is 259 cm³/mol. The van der Waals surface area contributed by atoms with Crippen LogP contribution in [-0.2, 0) is 30.1 Å². The number of hydrogen-bond donors (Lipinski definition) is 0. The molecule has 2 heterocycles. The Balaban J connectivity index is 1.32. The summed E-state index contributed by atoms with van der Waals surface area (Å²) in [7, 11) is 0. The topological polar surface area (TPSA) is 6.48 Å². The highest BCUT2D eigenvalue weighted by atomic mass is 15.2. The summed E-state index contributed by atoms with van der Waals surface area (Å²) in [6.07, 6.45) is 6.51. The highest BCUT2D eigenvalue weighted by Gasteiger charge is 2.38. The van der Waals surface area contributed by atoms with Crippen molar-refractivity contribution in [2.24, 2.45) is 0 Å². The number of rotatable bonds is 8. The molecule has 2 nitrogen and oxygen atoms in total. The van der Waals surface area contributed by atoms with Crippen molar-refractivity contribution in [3.05, 3.63) is 178 Å². The van der Waals surface area contributed by atoms with Gasteiger partial charge in [0.15, 0.2) is 0 Å². The van der Waals surface area contributed by atoms with Crippen LogP contribution in [0.2, 0.25) is 0 Å². The van der Waals surface area contributed by atoms with Crippen molar-refractivity contribution in [1.82, 2.24) is 0 Å². The highest BCUT2D eigenvalue weighted by molar-refractivity contribution is 6.28. The van der Waals surface area contributed by atoms with Gasteiger partial charge < -0.3 is 9.80 Å². The lowest BCUT2D eigenvalue weighted by Gasteiger charge is -2.42. The Bertz CT molecular complexity index is 2900. The number of anilines is 6. The highest BCUT2D eigenvalue weighted by Crippen LogP contribution is 2.55. The average molecular weight is 783 g/mol. The molecule has 0 saturated carbocycles. The van der Waals surface area contributed by atoms with E-state index in [-0.39, 0.29) is 10.8 Å². The maximum absolute atomic E-state index is 2.60. The fourth-order valence-electron chi connectivity index (χ4n) is 11.3. The van der Waals surface area contributed by atoms with Gasteiger partial charge in [-0.15, -0.1) is 0 Å². The molecule has 0 fully saturated rings. The molecule has 2 heteroatoms. The quantitative estimate of drug-likeness (QED) is 0.142. The zero-order chi connectivity index (χ0) is 41.5. The minimum absolute atomic E-state index is 0.110. The molecule has 0 bridgehead atoms. The molecule has 60 heavy (non-hydrogen) atoms. The van der Waals surface area contributed by atoms with Gasteiger partial charge in [0.05, 0.1) is 22.7 Å². The Morgan fingerprint density at radius 1 is 0.383 bits per heavy atom. The fourth-order valence-corrected chi connectivity index (χ4v) is 11.3. The molecular weight excluding hydrogens is 725 g/mol. The molecule has 8 aromatic carbocycles. The maximum atomic E-state index is 2.60. The van der Waals surface area contributed by atoms with Gasteiger partial charge in [-0.25, -0.2) is 0 Å². The van der Waals surface area contributed by atoms with Crippen molar-refractivity contribution in [2.75, 3.05) is 9.80 Å². The van der Waals surface area contributed by atoms with Gasteiger partial charge in [0, 0.05) is 22.2 Å². The van der Waals surface area contributed by atoms with E-state index in [2.05, 4.69) is 199 Å². The lowest BCUT2D eigenvalue weighted by Crippen LogP contribution is -2.30. The third kappa shape index (κ3) is 5.67. The van der Waals surface area contributed by atoms with Crippen molar-refractivity contribution < 1.29 is 0 Å². The van der Waals surface area contributed by atoms with Gasteiger partial charge in [0.25, 0.3) is 0 Å².